The highest BCUT2D eigenvalue weighted by Gasteiger charge is 2.31. The molecule has 4 heteroatoms. The fourth-order valence-corrected chi connectivity index (χ4v) is 2.02. The van der Waals surface area contributed by atoms with Crippen molar-refractivity contribution in [1.82, 2.24) is 4.90 Å². The average molecular weight is 248 g/mol. The van der Waals surface area contributed by atoms with Gasteiger partial charge in [0.15, 0.2) is 0 Å². The van der Waals surface area contributed by atoms with Crippen molar-refractivity contribution < 1.29 is 9.53 Å². The van der Waals surface area contributed by atoms with E-state index >= 15 is 0 Å². The van der Waals surface area contributed by atoms with E-state index in [4.69, 9.17) is 10.5 Å². The summed E-state index contributed by atoms with van der Waals surface area (Å²) >= 11 is 0. The van der Waals surface area contributed by atoms with Crippen LogP contribution in [0.25, 0.3) is 0 Å². The molecule has 0 atom stereocenters. The van der Waals surface area contributed by atoms with Crippen molar-refractivity contribution in [2.24, 2.45) is 5.73 Å². The summed E-state index contributed by atoms with van der Waals surface area (Å²) in [5.74, 6) is 0.880. The smallest absolute Gasteiger partial charge is 0.236 e. The molecular weight excluding hydrogens is 228 g/mol. The maximum atomic E-state index is 11.8. The average Bonchev–Trinajstić information content (AvgIpc) is 3.20. The second kappa shape index (κ2) is 5.87. The summed E-state index contributed by atoms with van der Waals surface area (Å²) < 4.78 is 5.46. The number of hydrogen-bond acceptors (Lipinski definition) is 3. The van der Waals surface area contributed by atoms with Crippen molar-refractivity contribution in [3.63, 3.8) is 0 Å². The van der Waals surface area contributed by atoms with Crippen LogP contribution >= 0.6 is 0 Å². The van der Waals surface area contributed by atoms with Crippen molar-refractivity contribution in [2.75, 3.05) is 13.2 Å². The lowest BCUT2D eigenvalue weighted by molar-refractivity contribution is -0.130. The van der Waals surface area contributed by atoms with Crippen LogP contribution in [0.3, 0.4) is 0 Å². The molecule has 1 aliphatic carbocycles. The number of ether oxygens (including phenoxy) is 1. The molecule has 0 aliphatic heterocycles. The fraction of sp³-hybridized carbons (Fsp3) is 0.500. The molecule has 1 aliphatic rings. The second-order valence-corrected chi connectivity index (χ2v) is 4.54. The first-order valence-corrected chi connectivity index (χ1v) is 6.46. The monoisotopic (exact) mass is 248 g/mol. The third-order valence-electron chi connectivity index (χ3n) is 3.04. The van der Waals surface area contributed by atoms with Crippen LogP contribution in [0, 0.1) is 0 Å². The quantitative estimate of drug-likeness (QED) is 0.830. The van der Waals surface area contributed by atoms with Gasteiger partial charge in [-0.15, -0.1) is 0 Å². The third-order valence-corrected chi connectivity index (χ3v) is 3.04. The minimum absolute atomic E-state index is 0.0271. The van der Waals surface area contributed by atoms with Gasteiger partial charge in [0.25, 0.3) is 0 Å². The van der Waals surface area contributed by atoms with E-state index in [1.807, 2.05) is 36.1 Å². The molecule has 0 unspecified atom stereocenters. The molecule has 1 fully saturated rings. The van der Waals surface area contributed by atoms with Crippen LogP contribution in [0.1, 0.15) is 25.3 Å². The highest BCUT2D eigenvalue weighted by molar-refractivity contribution is 5.78. The van der Waals surface area contributed by atoms with Gasteiger partial charge in [-0.3, -0.25) is 4.79 Å². The van der Waals surface area contributed by atoms with E-state index in [9.17, 15) is 4.79 Å². The Morgan fingerprint density at radius 1 is 1.50 bits per heavy atom. The molecule has 1 amide bonds. The number of amides is 1. The lowest BCUT2D eigenvalue weighted by atomic mass is 10.2. The van der Waals surface area contributed by atoms with E-state index in [1.54, 1.807) is 0 Å². The topological polar surface area (TPSA) is 55.6 Å². The standard InChI is InChI=1S/C14H20N2O2/c1-2-18-13-5-3-4-11(8-13)10-16(12-6-7-12)14(17)9-15/h3-5,8,12H,2,6-7,9-10,15H2,1H3. The number of nitrogens with two attached hydrogens (primary N) is 1. The molecule has 0 aromatic heterocycles. The Kier molecular flexibility index (Phi) is 4.20. The molecular formula is C14H20N2O2. The number of hydrogen-bond donors (Lipinski definition) is 1. The van der Waals surface area contributed by atoms with Crippen LogP contribution < -0.4 is 10.5 Å². The minimum Gasteiger partial charge on any atom is -0.494 e. The van der Waals surface area contributed by atoms with Gasteiger partial charge in [-0.2, -0.15) is 0 Å². The van der Waals surface area contributed by atoms with Crippen molar-refractivity contribution in [1.29, 1.82) is 0 Å². The molecule has 0 spiro atoms. The van der Waals surface area contributed by atoms with Gasteiger partial charge in [-0.05, 0) is 37.5 Å². The second-order valence-electron chi connectivity index (χ2n) is 4.54. The van der Waals surface area contributed by atoms with E-state index in [0.717, 1.165) is 24.2 Å². The van der Waals surface area contributed by atoms with E-state index < -0.39 is 0 Å². The minimum atomic E-state index is 0.0271. The van der Waals surface area contributed by atoms with Crippen molar-refractivity contribution in [2.45, 2.75) is 32.4 Å². The number of nitrogens with zero attached hydrogens (tertiary/aromatic N) is 1. The molecule has 98 valence electrons. The van der Waals surface area contributed by atoms with Crippen LogP contribution in [-0.2, 0) is 11.3 Å². The Morgan fingerprint density at radius 2 is 2.28 bits per heavy atom. The van der Waals surface area contributed by atoms with Gasteiger partial charge in [-0.25, -0.2) is 0 Å². The molecule has 0 heterocycles. The molecule has 18 heavy (non-hydrogen) atoms. The van der Waals surface area contributed by atoms with Gasteiger partial charge in [-0.1, -0.05) is 12.1 Å². The molecule has 0 bridgehead atoms. The summed E-state index contributed by atoms with van der Waals surface area (Å²) in [7, 11) is 0. The number of benzene rings is 1. The predicted octanol–water partition coefficient (Wildman–Crippen LogP) is 1.53. The van der Waals surface area contributed by atoms with Gasteiger partial charge in [0.2, 0.25) is 5.91 Å². The SMILES string of the molecule is CCOc1cccc(CN(C(=O)CN)C2CC2)c1. The molecule has 0 radical (unpaired) electrons. The summed E-state index contributed by atoms with van der Waals surface area (Å²) in [6, 6.07) is 8.28. The van der Waals surface area contributed by atoms with Crippen molar-refractivity contribution in [3.8, 4) is 5.75 Å². The summed E-state index contributed by atoms with van der Waals surface area (Å²) in [5.41, 5.74) is 6.55. The molecule has 1 aromatic carbocycles. The first-order valence-electron chi connectivity index (χ1n) is 6.46. The highest BCUT2D eigenvalue weighted by atomic mass is 16.5. The Bertz CT molecular complexity index is 416. The number of rotatable bonds is 6. The van der Waals surface area contributed by atoms with E-state index in [-0.39, 0.29) is 12.5 Å². The van der Waals surface area contributed by atoms with Gasteiger partial charge in [0, 0.05) is 12.6 Å². The summed E-state index contributed by atoms with van der Waals surface area (Å²) in [6.45, 7) is 3.32. The maximum Gasteiger partial charge on any atom is 0.236 e. The van der Waals surface area contributed by atoms with Gasteiger partial charge >= 0.3 is 0 Å². The van der Waals surface area contributed by atoms with Crippen LogP contribution in [0.15, 0.2) is 24.3 Å². The summed E-state index contributed by atoms with van der Waals surface area (Å²) in [6.07, 6.45) is 2.19. The highest BCUT2D eigenvalue weighted by Crippen LogP contribution is 2.28. The summed E-state index contributed by atoms with van der Waals surface area (Å²) in [4.78, 5) is 13.7. The normalized spacial score (nSPS) is 14.3. The molecule has 1 aromatic rings. The fourth-order valence-electron chi connectivity index (χ4n) is 2.02. The lowest BCUT2D eigenvalue weighted by Crippen LogP contribution is -2.37. The first-order chi connectivity index (χ1) is 8.74. The predicted molar refractivity (Wildman–Crippen MR) is 70.2 cm³/mol. The van der Waals surface area contributed by atoms with E-state index in [1.165, 1.54) is 0 Å². The Labute approximate surface area is 108 Å². The van der Waals surface area contributed by atoms with Gasteiger partial charge in [0.05, 0.1) is 13.2 Å². The Morgan fingerprint density at radius 3 is 2.89 bits per heavy atom. The Hall–Kier alpha value is -1.55. The molecule has 4 nitrogen and oxygen atoms in total. The van der Waals surface area contributed by atoms with Crippen molar-refractivity contribution >= 4 is 5.91 Å². The third kappa shape index (κ3) is 3.23. The molecule has 2 N–H and O–H groups in total. The molecule has 1 saturated carbocycles. The molecule has 0 saturated heterocycles. The zero-order chi connectivity index (χ0) is 13.0. The number of carbonyl (C=O) groups excluding carboxylic acids is 1. The summed E-state index contributed by atoms with van der Waals surface area (Å²) in [5, 5.41) is 0. The Balaban J connectivity index is 2.06. The van der Waals surface area contributed by atoms with Crippen LogP contribution in [0.5, 0.6) is 5.75 Å². The van der Waals surface area contributed by atoms with Gasteiger partial charge < -0.3 is 15.4 Å². The number of carbonyl (C=O) groups is 1. The maximum absolute atomic E-state index is 11.8. The van der Waals surface area contributed by atoms with E-state index in [2.05, 4.69) is 0 Å². The lowest BCUT2D eigenvalue weighted by Gasteiger charge is -2.22. The molecule has 2 rings (SSSR count). The van der Waals surface area contributed by atoms with E-state index in [0.29, 0.717) is 19.2 Å². The van der Waals surface area contributed by atoms with Gasteiger partial charge in [0.1, 0.15) is 5.75 Å². The zero-order valence-corrected chi connectivity index (χ0v) is 10.8. The largest absolute Gasteiger partial charge is 0.494 e. The van der Waals surface area contributed by atoms with Crippen LogP contribution in [0.2, 0.25) is 0 Å². The first kappa shape index (κ1) is 12.9. The zero-order valence-electron chi connectivity index (χ0n) is 10.8. The van der Waals surface area contributed by atoms with Crippen LogP contribution in [-0.4, -0.2) is 30.0 Å². The van der Waals surface area contributed by atoms with Crippen LogP contribution in [0.4, 0.5) is 0 Å². The van der Waals surface area contributed by atoms with Crippen molar-refractivity contribution in [3.05, 3.63) is 29.8 Å².